The van der Waals surface area contributed by atoms with Gasteiger partial charge < -0.3 is 14.6 Å². The van der Waals surface area contributed by atoms with E-state index in [1.54, 1.807) is 31.2 Å². The Morgan fingerprint density at radius 1 is 1.19 bits per heavy atom. The van der Waals surface area contributed by atoms with E-state index in [0.717, 1.165) is 11.9 Å². The molecule has 0 bridgehead atoms. The Bertz CT molecular complexity index is 991. The molecule has 0 unspecified atom stereocenters. The largest absolute Gasteiger partial charge is 0.481 e. The number of nitrogens with one attached hydrogen (secondary N) is 1. The molecule has 3 aromatic rings. The average molecular weight is 381 g/mol. The molecule has 1 atom stereocenters. The minimum absolute atomic E-state index is 0.000762. The van der Waals surface area contributed by atoms with Crippen LogP contribution in [0.1, 0.15) is 18.9 Å². The first-order valence-electron chi connectivity index (χ1n) is 9.08. The Labute approximate surface area is 163 Å². The Hall–Kier alpha value is -2.72. The summed E-state index contributed by atoms with van der Waals surface area (Å²) < 4.78 is 5.77. The van der Waals surface area contributed by atoms with Gasteiger partial charge in [0.1, 0.15) is 5.75 Å². The summed E-state index contributed by atoms with van der Waals surface area (Å²) in [6.45, 7) is 3.08. The number of H-pyrrole nitrogens is 1. The summed E-state index contributed by atoms with van der Waals surface area (Å²) in [5.41, 5.74) is 3.64. The van der Waals surface area contributed by atoms with Crippen LogP contribution >= 0.6 is 11.6 Å². The SMILES string of the molecule is C[C@@H](Oc1ccc(Cl)cc1)C(=O)N1CC=C(c2c[nH]c3ccccc23)CC1. The molecule has 0 radical (unpaired) electrons. The van der Waals surface area contributed by atoms with Gasteiger partial charge in [0.15, 0.2) is 6.10 Å². The van der Waals surface area contributed by atoms with Crippen LogP contribution < -0.4 is 4.74 Å². The van der Waals surface area contributed by atoms with Gasteiger partial charge in [-0.1, -0.05) is 35.9 Å². The maximum Gasteiger partial charge on any atom is 0.263 e. The zero-order valence-electron chi connectivity index (χ0n) is 15.1. The molecular formula is C22H21ClN2O2. The van der Waals surface area contributed by atoms with Crippen LogP contribution in [-0.2, 0) is 4.79 Å². The molecule has 0 saturated heterocycles. The zero-order chi connectivity index (χ0) is 18.8. The van der Waals surface area contributed by atoms with Gasteiger partial charge in [0.25, 0.3) is 5.91 Å². The molecule has 2 heterocycles. The second kappa shape index (κ2) is 7.49. The lowest BCUT2D eigenvalue weighted by Crippen LogP contribution is -2.42. The van der Waals surface area contributed by atoms with Crippen LogP contribution in [0.2, 0.25) is 5.02 Å². The summed E-state index contributed by atoms with van der Waals surface area (Å²) in [5, 5.41) is 1.87. The van der Waals surface area contributed by atoms with Gasteiger partial charge in [0.05, 0.1) is 0 Å². The maximum absolute atomic E-state index is 12.7. The molecule has 5 heteroatoms. The highest BCUT2D eigenvalue weighted by atomic mass is 35.5. The molecule has 1 amide bonds. The number of benzene rings is 2. The van der Waals surface area contributed by atoms with Crippen molar-refractivity contribution in [2.24, 2.45) is 0 Å². The molecular weight excluding hydrogens is 360 g/mol. The molecule has 4 rings (SSSR count). The topological polar surface area (TPSA) is 45.3 Å². The number of hydrogen-bond donors (Lipinski definition) is 1. The van der Waals surface area contributed by atoms with Crippen molar-refractivity contribution in [3.8, 4) is 5.75 Å². The molecule has 0 spiro atoms. The third-order valence-corrected chi connectivity index (χ3v) is 5.18. The monoisotopic (exact) mass is 380 g/mol. The molecule has 1 aromatic heterocycles. The summed E-state index contributed by atoms with van der Waals surface area (Å²) in [6.07, 6.45) is 4.50. The van der Waals surface area contributed by atoms with Crippen LogP contribution in [0.25, 0.3) is 16.5 Å². The van der Waals surface area contributed by atoms with Crippen molar-refractivity contribution >= 4 is 34.0 Å². The van der Waals surface area contributed by atoms with E-state index >= 15 is 0 Å². The van der Waals surface area contributed by atoms with Crippen LogP contribution in [0.4, 0.5) is 0 Å². The van der Waals surface area contributed by atoms with Crippen molar-refractivity contribution in [1.29, 1.82) is 0 Å². The molecule has 1 aliphatic heterocycles. The molecule has 138 valence electrons. The predicted octanol–water partition coefficient (Wildman–Crippen LogP) is 4.90. The van der Waals surface area contributed by atoms with Crippen molar-refractivity contribution in [2.45, 2.75) is 19.4 Å². The highest BCUT2D eigenvalue weighted by molar-refractivity contribution is 6.30. The first kappa shape index (κ1) is 17.7. The number of aromatic amines is 1. The van der Waals surface area contributed by atoms with Gasteiger partial charge in [-0.15, -0.1) is 0 Å². The second-order valence-corrected chi connectivity index (χ2v) is 7.16. The number of aromatic nitrogens is 1. The summed E-state index contributed by atoms with van der Waals surface area (Å²) in [4.78, 5) is 17.9. The van der Waals surface area contributed by atoms with E-state index in [-0.39, 0.29) is 5.91 Å². The van der Waals surface area contributed by atoms with Crippen LogP contribution in [0.15, 0.2) is 60.8 Å². The van der Waals surface area contributed by atoms with Gasteiger partial charge in [0.2, 0.25) is 0 Å². The van der Waals surface area contributed by atoms with Crippen molar-refractivity contribution < 1.29 is 9.53 Å². The molecule has 1 N–H and O–H groups in total. The van der Waals surface area contributed by atoms with E-state index in [0.29, 0.717) is 23.9 Å². The van der Waals surface area contributed by atoms with Crippen LogP contribution in [0.3, 0.4) is 0 Å². The zero-order valence-corrected chi connectivity index (χ0v) is 15.9. The first-order chi connectivity index (χ1) is 13.1. The van der Waals surface area contributed by atoms with Crippen LogP contribution in [-0.4, -0.2) is 35.0 Å². The molecule has 4 nitrogen and oxygen atoms in total. The number of amides is 1. The number of hydrogen-bond acceptors (Lipinski definition) is 2. The molecule has 2 aromatic carbocycles. The fourth-order valence-electron chi connectivity index (χ4n) is 3.48. The normalized spacial score (nSPS) is 15.5. The quantitative estimate of drug-likeness (QED) is 0.699. The lowest BCUT2D eigenvalue weighted by Gasteiger charge is -2.29. The minimum atomic E-state index is -0.533. The second-order valence-electron chi connectivity index (χ2n) is 6.73. The third kappa shape index (κ3) is 3.71. The molecule has 0 aliphatic carbocycles. The van der Waals surface area contributed by atoms with Crippen LogP contribution in [0.5, 0.6) is 5.75 Å². The van der Waals surface area contributed by atoms with Crippen molar-refractivity contribution in [3.63, 3.8) is 0 Å². The number of rotatable bonds is 4. The molecule has 27 heavy (non-hydrogen) atoms. The van der Waals surface area contributed by atoms with Gasteiger partial charge in [0, 0.05) is 40.8 Å². The summed E-state index contributed by atoms with van der Waals surface area (Å²) in [5.74, 6) is 0.645. The fourth-order valence-corrected chi connectivity index (χ4v) is 3.60. The van der Waals surface area contributed by atoms with Crippen molar-refractivity contribution in [1.82, 2.24) is 9.88 Å². The first-order valence-corrected chi connectivity index (χ1v) is 9.46. The number of ether oxygens (including phenoxy) is 1. The number of para-hydroxylation sites is 1. The lowest BCUT2D eigenvalue weighted by molar-refractivity contribution is -0.137. The number of carbonyl (C=O) groups excluding carboxylic acids is 1. The summed E-state index contributed by atoms with van der Waals surface area (Å²) in [7, 11) is 0. The van der Waals surface area contributed by atoms with E-state index < -0.39 is 6.10 Å². The Morgan fingerprint density at radius 3 is 2.70 bits per heavy atom. The molecule has 1 aliphatic rings. The standard InChI is InChI=1S/C22H21ClN2O2/c1-15(27-18-8-6-17(23)7-9-18)22(26)25-12-10-16(11-13-25)20-14-24-21-5-3-2-4-19(20)21/h2-10,14-15,24H,11-13H2,1H3/t15-/m1/s1. The smallest absolute Gasteiger partial charge is 0.263 e. The van der Waals surface area contributed by atoms with E-state index in [4.69, 9.17) is 16.3 Å². The van der Waals surface area contributed by atoms with Gasteiger partial charge in [-0.25, -0.2) is 0 Å². The minimum Gasteiger partial charge on any atom is -0.481 e. The van der Waals surface area contributed by atoms with E-state index in [2.05, 4.69) is 35.5 Å². The van der Waals surface area contributed by atoms with Gasteiger partial charge in [-0.2, -0.15) is 0 Å². The maximum atomic E-state index is 12.7. The van der Waals surface area contributed by atoms with Crippen molar-refractivity contribution in [3.05, 3.63) is 71.4 Å². The Morgan fingerprint density at radius 2 is 1.96 bits per heavy atom. The number of fused-ring (bicyclic) bond motifs is 1. The third-order valence-electron chi connectivity index (χ3n) is 4.93. The highest BCUT2D eigenvalue weighted by Gasteiger charge is 2.24. The number of nitrogens with zero attached hydrogens (tertiary/aromatic N) is 1. The van der Waals surface area contributed by atoms with Crippen LogP contribution in [0, 0.1) is 0 Å². The summed E-state index contributed by atoms with van der Waals surface area (Å²) in [6, 6.07) is 15.3. The van der Waals surface area contributed by atoms with Crippen molar-refractivity contribution in [2.75, 3.05) is 13.1 Å². The van der Waals surface area contributed by atoms with Gasteiger partial charge >= 0.3 is 0 Å². The molecule has 0 fully saturated rings. The van der Waals surface area contributed by atoms with Gasteiger partial charge in [-0.05, 0) is 49.2 Å². The average Bonchev–Trinajstić information content (AvgIpc) is 3.13. The lowest BCUT2D eigenvalue weighted by atomic mass is 9.99. The molecule has 0 saturated carbocycles. The van der Waals surface area contributed by atoms with E-state index in [1.165, 1.54) is 16.5 Å². The predicted molar refractivity (Wildman–Crippen MR) is 109 cm³/mol. The number of halogens is 1. The Kier molecular flexibility index (Phi) is 4.90. The van der Waals surface area contributed by atoms with Gasteiger partial charge in [-0.3, -0.25) is 4.79 Å². The summed E-state index contributed by atoms with van der Waals surface area (Å²) >= 11 is 5.89. The highest BCUT2D eigenvalue weighted by Crippen LogP contribution is 2.29. The Balaban J connectivity index is 1.43. The number of carbonyl (C=O) groups is 1. The van der Waals surface area contributed by atoms with E-state index in [9.17, 15) is 4.79 Å². The fraction of sp³-hybridized carbons (Fsp3) is 0.227. The van der Waals surface area contributed by atoms with E-state index in [1.807, 2.05) is 11.0 Å².